The van der Waals surface area contributed by atoms with E-state index in [1.165, 1.54) is 12.1 Å². The Labute approximate surface area is 111 Å². The molecule has 1 atom stereocenters. The Balaban J connectivity index is 2.41. The molecule has 0 aromatic heterocycles. The van der Waals surface area contributed by atoms with Gasteiger partial charge >= 0.3 is 0 Å². The molecule has 2 N–H and O–H groups in total. The smallest absolute Gasteiger partial charge is 0.123 e. The van der Waals surface area contributed by atoms with Gasteiger partial charge in [-0.1, -0.05) is 24.3 Å². The van der Waals surface area contributed by atoms with Gasteiger partial charge in [0.1, 0.15) is 11.5 Å². The van der Waals surface area contributed by atoms with Crippen LogP contribution in [0.5, 0.6) is 0 Å². The van der Waals surface area contributed by atoms with Crippen LogP contribution >= 0.6 is 0 Å². The fourth-order valence-electron chi connectivity index (χ4n) is 2.21. The molecular formula is C15H15FN2O. The minimum atomic E-state index is -0.274. The predicted molar refractivity (Wildman–Crippen MR) is 73.8 cm³/mol. The monoisotopic (exact) mass is 258 g/mol. The van der Waals surface area contributed by atoms with Crippen molar-refractivity contribution in [2.24, 2.45) is 10.9 Å². The van der Waals surface area contributed by atoms with Crippen LogP contribution in [0.4, 0.5) is 10.1 Å². The Morgan fingerprint density at radius 1 is 1.11 bits per heavy atom. The average Bonchev–Trinajstić information content (AvgIpc) is 2.45. The molecule has 0 spiro atoms. The van der Waals surface area contributed by atoms with Gasteiger partial charge in [0.2, 0.25) is 0 Å². The van der Waals surface area contributed by atoms with E-state index in [9.17, 15) is 9.30 Å². The van der Waals surface area contributed by atoms with Gasteiger partial charge < -0.3 is 5.73 Å². The van der Waals surface area contributed by atoms with Crippen molar-refractivity contribution in [2.45, 2.75) is 12.3 Å². The summed E-state index contributed by atoms with van der Waals surface area (Å²) in [7, 11) is 0. The van der Waals surface area contributed by atoms with Crippen molar-refractivity contribution in [3.63, 3.8) is 0 Å². The largest absolute Gasteiger partial charge is 0.330 e. The lowest BCUT2D eigenvalue weighted by molar-refractivity contribution is 0.620. The minimum Gasteiger partial charge on any atom is -0.330 e. The van der Waals surface area contributed by atoms with E-state index in [1.807, 2.05) is 12.1 Å². The van der Waals surface area contributed by atoms with Gasteiger partial charge in [-0.2, -0.15) is 0 Å². The summed E-state index contributed by atoms with van der Waals surface area (Å²) >= 11 is 0. The summed E-state index contributed by atoms with van der Waals surface area (Å²) in [4.78, 5) is 10.6. The average molecular weight is 258 g/mol. The Hall–Kier alpha value is -2.07. The molecule has 0 aliphatic heterocycles. The highest BCUT2D eigenvalue weighted by Gasteiger charge is 2.14. The molecule has 0 saturated carbocycles. The van der Waals surface area contributed by atoms with E-state index < -0.39 is 0 Å². The van der Waals surface area contributed by atoms with E-state index in [2.05, 4.69) is 5.18 Å². The molecule has 0 aliphatic rings. The lowest BCUT2D eigenvalue weighted by atomic mass is 9.88. The second-order valence-electron chi connectivity index (χ2n) is 4.37. The molecule has 0 saturated heterocycles. The van der Waals surface area contributed by atoms with Gasteiger partial charge in [-0.05, 0) is 53.5 Å². The Morgan fingerprint density at radius 3 is 2.42 bits per heavy atom. The van der Waals surface area contributed by atoms with Crippen molar-refractivity contribution in [1.82, 2.24) is 0 Å². The quantitative estimate of drug-likeness (QED) is 0.831. The molecule has 2 rings (SSSR count). The minimum absolute atomic E-state index is 0.0256. The Kier molecular flexibility index (Phi) is 4.36. The zero-order valence-electron chi connectivity index (χ0n) is 10.4. The summed E-state index contributed by atoms with van der Waals surface area (Å²) in [5.41, 5.74) is 7.78. The normalized spacial score (nSPS) is 12.1. The molecule has 4 heteroatoms. The fourth-order valence-corrected chi connectivity index (χ4v) is 2.21. The number of hydrogen-bond acceptors (Lipinski definition) is 3. The van der Waals surface area contributed by atoms with E-state index in [1.54, 1.807) is 24.3 Å². The predicted octanol–water partition coefficient (Wildman–Crippen LogP) is 3.70. The molecule has 0 bridgehead atoms. The highest BCUT2D eigenvalue weighted by atomic mass is 19.1. The Bertz CT molecular complexity index is 572. The topological polar surface area (TPSA) is 55.4 Å². The molecular weight excluding hydrogens is 243 g/mol. The summed E-state index contributed by atoms with van der Waals surface area (Å²) in [6, 6.07) is 13.5. The molecule has 0 fully saturated rings. The molecule has 19 heavy (non-hydrogen) atoms. The van der Waals surface area contributed by atoms with Crippen molar-refractivity contribution < 1.29 is 4.39 Å². The zero-order chi connectivity index (χ0) is 13.7. The first-order valence-electron chi connectivity index (χ1n) is 6.13. The maximum atomic E-state index is 13.3. The van der Waals surface area contributed by atoms with E-state index in [4.69, 9.17) is 5.73 Å². The third-order valence-electron chi connectivity index (χ3n) is 3.08. The van der Waals surface area contributed by atoms with Gasteiger partial charge in [-0.15, -0.1) is 4.91 Å². The summed E-state index contributed by atoms with van der Waals surface area (Å²) in [5.74, 6) is -0.299. The SMILES string of the molecule is NCCC(c1cccc(F)c1)c1cccc(N=O)c1. The van der Waals surface area contributed by atoms with Crippen molar-refractivity contribution in [3.8, 4) is 0 Å². The lowest BCUT2D eigenvalue weighted by Crippen LogP contribution is -2.09. The number of nitrogens with zero attached hydrogens (tertiary/aromatic N) is 1. The summed E-state index contributed by atoms with van der Waals surface area (Å²) in [6.07, 6.45) is 0.686. The van der Waals surface area contributed by atoms with Crippen LogP contribution in [0, 0.1) is 10.7 Å². The number of hydrogen-bond donors (Lipinski definition) is 1. The first-order valence-corrected chi connectivity index (χ1v) is 6.13. The second-order valence-corrected chi connectivity index (χ2v) is 4.37. The van der Waals surface area contributed by atoms with Gasteiger partial charge in [-0.25, -0.2) is 4.39 Å². The molecule has 0 aliphatic carbocycles. The molecule has 2 aromatic rings. The van der Waals surface area contributed by atoms with Gasteiger partial charge in [-0.3, -0.25) is 0 Å². The molecule has 0 radical (unpaired) electrons. The van der Waals surface area contributed by atoms with E-state index in [0.29, 0.717) is 18.7 Å². The fraction of sp³-hybridized carbons (Fsp3) is 0.200. The van der Waals surface area contributed by atoms with E-state index in [-0.39, 0.29) is 11.7 Å². The maximum Gasteiger partial charge on any atom is 0.123 e. The summed E-state index contributed by atoms with van der Waals surface area (Å²) in [5, 5.41) is 2.93. The van der Waals surface area contributed by atoms with Crippen LogP contribution in [-0.2, 0) is 0 Å². The molecule has 1 unspecified atom stereocenters. The lowest BCUT2D eigenvalue weighted by Gasteiger charge is -2.17. The third kappa shape index (κ3) is 3.23. The molecule has 0 heterocycles. The van der Waals surface area contributed by atoms with Crippen LogP contribution in [0.3, 0.4) is 0 Å². The standard InChI is InChI=1S/C15H15FN2O/c16-13-5-1-3-11(9-13)15(7-8-17)12-4-2-6-14(10-12)18-19/h1-6,9-10,15H,7-8,17H2. The van der Waals surface area contributed by atoms with Gasteiger partial charge in [0.25, 0.3) is 0 Å². The van der Waals surface area contributed by atoms with Crippen LogP contribution < -0.4 is 5.73 Å². The Morgan fingerprint density at radius 2 is 1.79 bits per heavy atom. The number of nitroso groups, excluding NO2 is 1. The van der Waals surface area contributed by atoms with Crippen LogP contribution in [0.2, 0.25) is 0 Å². The highest BCUT2D eigenvalue weighted by Crippen LogP contribution is 2.30. The number of rotatable bonds is 5. The zero-order valence-corrected chi connectivity index (χ0v) is 10.4. The first-order chi connectivity index (χ1) is 9.24. The molecule has 98 valence electrons. The van der Waals surface area contributed by atoms with Crippen LogP contribution in [0.1, 0.15) is 23.5 Å². The molecule has 3 nitrogen and oxygen atoms in total. The number of nitrogens with two attached hydrogens (primary N) is 1. The van der Waals surface area contributed by atoms with E-state index >= 15 is 0 Å². The van der Waals surface area contributed by atoms with Crippen LogP contribution in [0.15, 0.2) is 53.7 Å². The highest BCUT2D eigenvalue weighted by molar-refractivity contribution is 5.44. The van der Waals surface area contributed by atoms with Gasteiger partial charge in [0.05, 0.1) is 0 Å². The first kappa shape index (κ1) is 13.4. The van der Waals surface area contributed by atoms with Gasteiger partial charge in [0.15, 0.2) is 0 Å². The van der Waals surface area contributed by atoms with Crippen LogP contribution in [-0.4, -0.2) is 6.54 Å². The number of benzene rings is 2. The van der Waals surface area contributed by atoms with Crippen LogP contribution in [0.25, 0.3) is 0 Å². The summed E-state index contributed by atoms with van der Waals surface area (Å²) < 4.78 is 13.3. The van der Waals surface area contributed by atoms with Crippen molar-refractivity contribution in [3.05, 3.63) is 70.4 Å². The van der Waals surface area contributed by atoms with Crippen molar-refractivity contribution >= 4 is 5.69 Å². The van der Waals surface area contributed by atoms with Gasteiger partial charge in [0, 0.05) is 5.92 Å². The van der Waals surface area contributed by atoms with Crippen molar-refractivity contribution in [1.29, 1.82) is 0 Å². The van der Waals surface area contributed by atoms with Crippen molar-refractivity contribution in [2.75, 3.05) is 6.54 Å². The second kappa shape index (κ2) is 6.20. The maximum absolute atomic E-state index is 13.3. The molecule has 2 aromatic carbocycles. The number of halogens is 1. The summed E-state index contributed by atoms with van der Waals surface area (Å²) in [6.45, 7) is 0.486. The third-order valence-corrected chi connectivity index (χ3v) is 3.08. The van der Waals surface area contributed by atoms with E-state index in [0.717, 1.165) is 11.1 Å². The molecule has 0 amide bonds.